The molecular weight excluding hydrogens is 192 g/mol. The van der Waals surface area contributed by atoms with Gasteiger partial charge in [0.2, 0.25) is 0 Å². The molecule has 14 heavy (non-hydrogen) atoms. The third-order valence-electron chi connectivity index (χ3n) is 3.28. The van der Waals surface area contributed by atoms with Crippen LogP contribution in [0.15, 0.2) is 18.2 Å². The zero-order valence-corrected chi connectivity index (χ0v) is 9.64. The fourth-order valence-corrected chi connectivity index (χ4v) is 2.40. The zero-order chi connectivity index (χ0) is 10.1. The number of alkyl halides is 1. The minimum atomic E-state index is 0.140. The second kappa shape index (κ2) is 3.94. The fraction of sp³-hybridized carbons (Fsp3) is 0.538. The number of rotatable bonds is 2. The summed E-state index contributed by atoms with van der Waals surface area (Å²) in [6, 6.07) is 6.73. The summed E-state index contributed by atoms with van der Waals surface area (Å²) < 4.78 is 0. The highest BCUT2D eigenvalue weighted by Crippen LogP contribution is 2.31. The molecule has 0 saturated heterocycles. The molecule has 0 saturated carbocycles. The van der Waals surface area contributed by atoms with Gasteiger partial charge in [-0.05, 0) is 42.4 Å². The topological polar surface area (TPSA) is 0 Å². The van der Waals surface area contributed by atoms with Crippen LogP contribution < -0.4 is 0 Å². The SMILES string of the molecule is CC[C@@H]1Cc2ccc([C@@H](C)Cl)cc2C1. The van der Waals surface area contributed by atoms with Gasteiger partial charge in [0.25, 0.3) is 0 Å². The second-order valence-corrected chi connectivity index (χ2v) is 4.98. The van der Waals surface area contributed by atoms with Gasteiger partial charge < -0.3 is 0 Å². The fourth-order valence-electron chi connectivity index (χ4n) is 2.27. The Balaban J connectivity index is 2.26. The van der Waals surface area contributed by atoms with Crippen molar-refractivity contribution in [1.82, 2.24) is 0 Å². The van der Waals surface area contributed by atoms with E-state index < -0.39 is 0 Å². The third kappa shape index (κ3) is 1.81. The molecule has 0 nitrogen and oxygen atoms in total. The molecule has 0 bridgehead atoms. The summed E-state index contributed by atoms with van der Waals surface area (Å²) in [7, 11) is 0. The molecule has 1 aliphatic rings. The number of halogens is 1. The first kappa shape index (κ1) is 10.0. The molecule has 2 atom stereocenters. The van der Waals surface area contributed by atoms with E-state index in [0.29, 0.717) is 0 Å². The van der Waals surface area contributed by atoms with Gasteiger partial charge in [0.05, 0.1) is 5.38 Å². The number of hydrogen-bond donors (Lipinski definition) is 0. The third-order valence-corrected chi connectivity index (χ3v) is 3.54. The summed E-state index contributed by atoms with van der Waals surface area (Å²) in [6.07, 6.45) is 3.81. The van der Waals surface area contributed by atoms with E-state index in [-0.39, 0.29) is 5.38 Å². The van der Waals surface area contributed by atoms with Crippen LogP contribution in [0.2, 0.25) is 0 Å². The van der Waals surface area contributed by atoms with Crippen molar-refractivity contribution < 1.29 is 0 Å². The maximum absolute atomic E-state index is 6.08. The Hall–Kier alpha value is -0.490. The van der Waals surface area contributed by atoms with Crippen molar-refractivity contribution in [3.63, 3.8) is 0 Å². The average molecular weight is 209 g/mol. The Bertz CT molecular complexity index is 328. The van der Waals surface area contributed by atoms with Crippen molar-refractivity contribution in [1.29, 1.82) is 0 Å². The summed E-state index contributed by atoms with van der Waals surface area (Å²) in [6.45, 7) is 4.32. The van der Waals surface area contributed by atoms with E-state index in [0.717, 1.165) is 5.92 Å². The van der Waals surface area contributed by atoms with Crippen LogP contribution in [-0.4, -0.2) is 0 Å². The van der Waals surface area contributed by atoms with Gasteiger partial charge in [0.15, 0.2) is 0 Å². The molecule has 0 fully saturated rings. The maximum atomic E-state index is 6.08. The minimum Gasteiger partial charge on any atom is -0.118 e. The van der Waals surface area contributed by atoms with E-state index in [1.165, 1.54) is 36.0 Å². The highest BCUT2D eigenvalue weighted by molar-refractivity contribution is 6.20. The Kier molecular flexibility index (Phi) is 2.83. The predicted molar refractivity (Wildman–Crippen MR) is 61.9 cm³/mol. The lowest BCUT2D eigenvalue weighted by atomic mass is 10.0. The van der Waals surface area contributed by atoms with Gasteiger partial charge in [-0.2, -0.15) is 0 Å². The van der Waals surface area contributed by atoms with Crippen molar-refractivity contribution in [2.75, 3.05) is 0 Å². The molecule has 0 aliphatic heterocycles. The Morgan fingerprint density at radius 2 is 2.07 bits per heavy atom. The first-order valence-corrected chi connectivity index (χ1v) is 5.90. The van der Waals surface area contributed by atoms with Gasteiger partial charge in [-0.25, -0.2) is 0 Å². The smallest absolute Gasteiger partial charge is 0.0557 e. The summed E-state index contributed by atoms with van der Waals surface area (Å²) in [4.78, 5) is 0. The van der Waals surface area contributed by atoms with Crippen molar-refractivity contribution in [2.45, 2.75) is 38.5 Å². The maximum Gasteiger partial charge on any atom is 0.0557 e. The van der Waals surface area contributed by atoms with E-state index in [9.17, 15) is 0 Å². The van der Waals surface area contributed by atoms with Gasteiger partial charge in [-0.3, -0.25) is 0 Å². The van der Waals surface area contributed by atoms with Crippen molar-refractivity contribution in [3.8, 4) is 0 Å². The summed E-state index contributed by atoms with van der Waals surface area (Å²) in [5, 5.41) is 0.140. The Labute approximate surface area is 91.3 Å². The molecule has 0 unspecified atom stereocenters. The molecule has 0 N–H and O–H groups in total. The lowest BCUT2D eigenvalue weighted by Crippen LogP contribution is -1.95. The first-order chi connectivity index (χ1) is 6.70. The standard InChI is InChI=1S/C13H17Cl/c1-3-10-6-12-5-4-11(9(2)14)8-13(12)7-10/h4-5,8-10H,3,6-7H2,1-2H3/t9-,10-/m1/s1. The van der Waals surface area contributed by atoms with Gasteiger partial charge >= 0.3 is 0 Å². The van der Waals surface area contributed by atoms with Gasteiger partial charge in [0.1, 0.15) is 0 Å². The summed E-state index contributed by atoms with van der Waals surface area (Å²) >= 11 is 6.08. The molecule has 1 aliphatic carbocycles. The molecule has 0 spiro atoms. The molecule has 76 valence electrons. The molecule has 0 amide bonds. The van der Waals surface area contributed by atoms with E-state index in [1.807, 2.05) is 6.92 Å². The lowest BCUT2D eigenvalue weighted by Gasteiger charge is -2.05. The van der Waals surface area contributed by atoms with Crippen molar-refractivity contribution in [3.05, 3.63) is 34.9 Å². The highest BCUT2D eigenvalue weighted by Gasteiger charge is 2.20. The Morgan fingerprint density at radius 1 is 1.36 bits per heavy atom. The molecule has 0 heterocycles. The lowest BCUT2D eigenvalue weighted by molar-refractivity contribution is 0.543. The van der Waals surface area contributed by atoms with Crippen molar-refractivity contribution in [2.24, 2.45) is 5.92 Å². The molecule has 1 aromatic rings. The van der Waals surface area contributed by atoms with Crippen LogP contribution in [0.1, 0.15) is 42.3 Å². The summed E-state index contributed by atoms with van der Waals surface area (Å²) in [5.74, 6) is 0.867. The molecular formula is C13H17Cl. The first-order valence-electron chi connectivity index (χ1n) is 5.46. The second-order valence-electron chi connectivity index (χ2n) is 4.33. The number of benzene rings is 1. The van der Waals surface area contributed by atoms with Gasteiger partial charge in [-0.1, -0.05) is 31.5 Å². The van der Waals surface area contributed by atoms with Crippen LogP contribution in [0.3, 0.4) is 0 Å². The molecule has 1 heteroatoms. The van der Waals surface area contributed by atoms with Crippen molar-refractivity contribution >= 4 is 11.6 Å². The van der Waals surface area contributed by atoms with Crippen LogP contribution in [0.25, 0.3) is 0 Å². The van der Waals surface area contributed by atoms with Crippen LogP contribution in [-0.2, 0) is 12.8 Å². The van der Waals surface area contributed by atoms with Crippen LogP contribution >= 0.6 is 11.6 Å². The van der Waals surface area contributed by atoms with Crippen LogP contribution in [0.4, 0.5) is 0 Å². The van der Waals surface area contributed by atoms with E-state index in [1.54, 1.807) is 0 Å². The summed E-state index contributed by atoms with van der Waals surface area (Å²) in [5.41, 5.74) is 4.34. The number of hydrogen-bond acceptors (Lipinski definition) is 0. The van der Waals surface area contributed by atoms with E-state index in [4.69, 9.17) is 11.6 Å². The minimum absolute atomic E-state index is 0.140. The van der Waals surface area contributed by atoms with Crippen LogP contribution in [0, 0.1) is 5.92 Å². The van der Waals surface area contributed by atoms with Gasteiger partial charge in [-0.15, -0.1) is 11.6 Å². The van der Waals surface area contributed by atoms with Gasteiger partial charge in [0, 0.05) is 0 Å². The monoisotopic (exact) mass is 208 g/mol. The highest BCUT2D eigenvalue weighted by atomic mass is 35.5. The molecule has 0 aromatic heterocycles. The quantitative estimate of drug-likeness (QED) is 0.642. The average Bonchev–Trinajstić information content (AvgIpc) is 2.58. The van der Waals surface area contributed by atoms with E-state index in [2.05, 4.69) is 25.1 Å². The Morgan fingerprint density at radius 3 is 2.71 bits per heavy atom. The number of fused-ring (bicyclic) bond motifs is 1. The predicted octanol–water partition coefficient (Wildman–Crippen LogP) is 4.11. The molecule has 0 radical (unpaired) electrons. The van der Waals surface area contributed by atoms with E-state index >= 15 is 0 Å². The normalized spacial score (nSPS) is 22.1. The molecule has 1 aromatic carbocycles. The zero-order valence-electron chi connectivity index (χ0n) is 8.89. The largest absolute Gasteiger partial charge is 0.118 e. The van der Waals surface area contributed by atoms with Crippen LogP contribution in [0.5, 0.6) is 0 Å². The molecule has 2 rings (SSSR count).